The monoisotopic (exact) mass is 226 g/mol. The summed E-state index contributed by atoms with van der Waals surface area (Å²) in [7, 11) is 0. The zero-order valence-electron chi connectivity index (χ0n) is 9.63. The van der Waals surface area contributed by atoms with Crippen molar-refractivity contribution in [3.8, 4) is 5.75 Å². The number of benzene rings is 2. The van der Waals surface area contributed by atoms with Crippen molar-refractivity contribution in [2.75, 3.05) is 0 Å². The average molecular weight is 226 g/mol. The van der Waals surface area contributed by atoms with E-state index in [4.69, 9.17) is 0 Å². The van der Waals surface area contributed by atoms with Crippen molar-refractivity contribution in [2.24, 2.45) is 0 Å². The van der Waals surface area contributed by atoms with Crippen molar-refractivity contribution < 1.29 is 9.90 Å². The van der Waals surface area contributed by atoms with E-state index < -0.39 is 0 Å². The van der Waals surface area contributed by atoms with Gasteiger partial charge in [-0.05, 0) is 17.7 Å². The Morgan fingerprint density at radius 3 is 2.18 bits per heavy atom. The second-order valence-electron chi connectivity index (χ2n) is 4.04. The van der Waals surface area contributed by atoms with Gasteiger partial charge in [-0.3, -0.25) is 4.79 Å². The SMILES string of the molecule is CC(C(=O)c1ccccc1)c1ccc(O)cc1. The largest absolute Gasteiger partial charge is 0.508 e. The van der Waals surface area contributed by atoms with Crippen molar-refractivity contribution in [3.63, 3.8) is 0 Å². The fraction of sp³-hybridized carbons (Fsp3) is 0.133. The molecule has 0 amide bonds. The third-order valence-corrected chi connectivity index (χ3v) is 2.84. The molecule has 2 nitrogen and oxygen atoms in total. The topological polar surface area (TPSA) is 37.3 Å². The van der Waals surface area contributed by atoms with E-state index in [1.807, 2.05) is 37.3 Å². The standard InChI is InChI=1S/C15H14O2/c1-11(12-7-9-14(16)10-8-12)15(17)13-5-3-2-4-6-13/h2-11,16H,1H3. The molecule has 0 spiro atoms. The summed E-state index contributed by atoms with van der Waals surface area (Å²) in [6.07, 6.45) is 0. The van der Waals surface area contributed by atoms with Gasteiger partial charge in [0.1, 0.15) is 5.75 Å². The lowest BCUT2D eigenvalue weighted by Crippen LogP contribution is -2.09. The van der Waals surface area contributed by atoms with Crippen LogP contribution in [-0.2, 0) is 0 Å². The maximum absolute atomic E-state index is 12.2. The first kappa shape index (κ1) is 11.4. The number of ketones is 1. The smallest absolute Gasteiger partial charge is 0.170 e. The zero-order chi connectivity index (χ0) is 12.3. The molecule has 0 aliphatic carbocycles. The molecule has 86 valence electrons. The predicted octanol–water partition coefficient (Wildman–Crippen LogP) is 3.38. The fourth-order valence-corrected chi connectivity index (χ4v) is 1.77. The van der Waals surface area contributed by atoms with Gasteiger partial charge in [0, 0.05) is 11.5 Å². The molecule has 1 N–H and O–H groups in total. The van der Waals surface area contributed by atoms with E-state index in [0.717, 1.165) is 5.56 Å². The Hall–Kier alpha value is -2.09. The van der Waals surface area contributed by atoms with Crippen LogP contribution in [0.5, 0.6) is 5.75 Å². The number of rotatable bonds is 3. The molecule has 0 radical (unpaired) electrons. The number of hydrogen-bond donors (Lipinski definition) is 1. The highest BCUT2D eigenvalue weighted by Gasteiger charge is 2.16. The summed E-state index contributed by atoms with van der Waals surface area (Å²) in [6, 6.07) is 16.0. The van der Waals surface area contributed by atoms with Gasteiger partial charge in [0.15, 0.2) is 5.78 Å². The summed E-state index contributed by atoms with van der Waals surface area (Å²) in [5, 5.41) is 9.21. The lowest BCUT2D eigenvalue weighted by molar-refractivity contribution is 0.0966. The van der Waals surface area contributed by atoms with Crippen molar-refractivity contribution in [2.45, 2.75) is 12.8 Å². The minimum atomic E-state index is -0.196. The molecular formula is C15H14O2. The van der Waals surface area contributed by atoms with Gasteiger partial charge in [-0.25, -0.2) is 0 Å². The van der Waals surface area contributed by atoms with Crippen molar-refractivity contribution >= 4 is 5.78 Å². The van der Waals surface area contributed by atoms with Crippen LogP contribution in [0.1, 0.15) is 28.8 Å². The number of phenols is 1. The molecule has 0 aliphatic heterocycles. The third kappa shape index (κ3) is 2.53. The van der Waals surface area contributed by atoms with Crippen LogP contribution in [0, 0.1) is 0 Å². The van der Waals surface area contributed by atoms with Gasteiger partial charge < -0.3 is 5.11 Å². The highest BCUT2D eigenvalue weighted by atomic mass is 16.3. The van der Waals surface area contributed by atoms with E-state index in [0.29, 0.717) is 5.56 Å². The van der Waals surface area contributed by atoms with E-state index in [-0.39, 0.29) is 17.5 Å². The molecule has 2 rings (SSSR count). The highest BCUT2D eigenvalue weighted by Crippen LogP contribution is 2.22. The minimum Gasteiger partial charge on any atom is -0.508 e. The molecule has 2 aromatic rings. The van der Waals surface area contributed by atoms with Crippen LogP contribution in [0.2, 0.25) is 0 Å². The van der Waals surface area contributed by atoms with Crippen molar-refractivity contribution in [1.29, 1.82) is 0 Å². The Labute approximate surface area is 101 Å². The summed E-state index contributed by atoms with van der Waals surface area (Å²) in [6.45, 7) is 1.88. The molecule has 0 aliphatic rings. The van der Waals surface area contributed by atoms with E-state index in [9.17, 15) is 9.90 Å². The van der Waals surface area contributed by atoms with E-state index in [1.54, 1.807) is 24.3 Å². The normalized spacial score (nSPS) is 12.1. The molecule has 0 aromatic heterocycles. The Morgan fingerprint density at radius 1 is 1.00 bits per heavy atom. The van der Waals surface area contributed by atoms with Gasteiger partial charge >= 0.3 is 0 Å². The summed E-state index contributed by atoms with van der Waals surface area (Å²) in [5.74, 6) is 0.113. The second-order valence-corrected chi connectivity index (χ2v) is 4.04. The molecular weight excluding hydrogens is 212 g/mol. The van der Waals surface area contributed by atoms with E-state index in [2.05, 4.69) is 0 Å². The predicted molar refractivity (Wildman–Crippen MR) is 67.3 cm³/mol. The molecule has 0 fully saturated rings. The van der Waals surface area contributed by atoms with E-state index >= 15 is 0 Å². The molecule has 2 heteroatoms. The van der Waals surface area contributed by atoms with Gasteiger partial charge in [-0.2, -0.15) is 0 Å². The molecule has 0 heterocycles. The van der Waals surface area contributed by atoms with Crippen LogP contribution in [0.15, 0.2) is 54.6 Å². The summed E-state index contributed by atoms with van der Waals surface area (Å²) < 4.78 is 0. The van der Waals surface area contributed by atoms with Crippen LogP contribution in [0.25, 0.3) is 0 Å². The van der Waals surface area contributed by atoms with Gasteiger partial charge in [-0.15, -0.1) is 0 Å². The molecule has 0 saturated heterocycles. The first-order valence-electron chi connectivity index (χ1n) is 5.56. The van der Waals surface area contributed by atoms with Crippen LogP contribution < -0.4 is 0 Å². The molecule has 1 atom stereocenters. The summed E-state index contributed by atoms with van der Waals surface area (Å²) in [4.78, 5) is 12.2. The Morgan fingerprint density at radius 2 is 1.59 bits per heavy atom. The Bertz CT molecular complexity index is 500. The molecule has 17 heavy (non-hydrogen) atoms. The maximum Gasteiger partial charge on any atom is 0.170 e. The van der Waals surface area contributed by atoms with Crippen molar-refractivity contribution in [1.82, 2.24) is 0 Å². The number of carbonyl (C=O) groups excluding carboxylic acids is 1. The molecule has 2 aromatic carbocycles. The number of Topliss-reactive ketones (excluding diaryl/α,β-unsaturated/α-hetero) is 1. The first-order valence-corrected chi connectivity index (χ1v) is 5.56. The Balaban J connectivity index is 2.23. The number of carbonyl (C=O) groups is 1. The van der Waals surface area contributed by atoms with Gasteiger partial charge in [0.2, 0.25) is 0 Å². The zero-order valence-corrected chi connectivity index (χ0v) is 9.63. The average Bonchev–Trinajstić information content (AvgIpc) is 2.39. The van der Waals surface area contributed by atoms with Gasteiger partial charge in [0.05, 0.1) is 0 Å². The van der Waals surface area contributed by atoms with Crippen LogP contribution in [-0.4, -0.2) is 10.9 Å². The third-order valence-electron chi connectivity index (χ3n) is 2.84. The number of aromatic hydroxyl groups is 1. The summed E-state index contributed by atoms with van der Waals surface area (Å²) >= 11 is 0. The van der Waals surface area contributed by atoms with Crippen LogP contribution in [0.3, 0.4) is 0 Å². The second kappa shape index (κ2) is 4.83. The van der Waals surface area contributed by atoms with E-state index in [1.165, 1.54) is 0 Å². The summed E-state index contributed by atoms with van der Waals surface area (Å²) in [5.41, 5.74) is 1.63. The fourth-order valence-electron chi connectivity index (χ4n) is 1.77. The molecule has 1 unspecified atom stereocenters. The van der Waals surface area contributed by atoms with Gasteiger partial charge in [-0.1, -0.05) is 49.4 Å². The highest BCUT2D eigenvalue weighted by molar-refractivity contribution is 6.00. The Kier molecular flexibility index (Phi) is 3.24. The first-order chi connectivity index (χ1) is 8.18. The molecule has 0 saturated carbocycles. The number of hydrogen-bond acceptors (Lipinski definition) is 2. The lowest BCUT2D eigenvalue weighted by Gasteiger charge is -2.10. The lowest BCUT2D eigenvalue weighted by atomic mass is 9.92. The quantitative estimate of drug-likeness (QED) is 0.814. The molecule has 0 bridgehead atoms. The minimum absolute atomic E-state index is 0.0938. The van der Waals surface area contributed by atoms with Gasteiger partial charge in [0.25, 0.3) is 0 Å². The van der Waals surface area contributed by atoms with Crippen LogP contribution in [0.4, 0.5) is 0 Å². The van der Waals surface area contributed by atoms with Crippen molar-refractivity contribution in [3.05, 3.63) is 65.7 Å². The van der Waals surface area contributed by atoms with Crippen LogP contribution >= 0.6 is 0 Å². The maximum atomic E-state index is 12.2. The number of phenolic OH excluding ortho intramolecular Hbond substituents is 1.